The summed E-state index contributed by atoms with van der Waals surface area (Å²) in [4.78, 5) is 17.2. The van der Waals surface area contributed by atoms with Crippen molar-refractivity contribution in [2.24, 2.45) is 0 Å². The summed E-state index contributed by atoms with van der Waals surface area (Å²) in [6.07, 6.45) is 5.07. The Morgan fingerprint density at radius 1 is 1.00 bits per heavy atom. The van der Waals surface area contributed by atoms with E-state index in [4.69, 9.17) is 9.15 Å². The van der Waals surface area contributed by atoms with Gasteiger partial charge in [-0.3, -0.25) is 9.78 Å². The number of carbonyl (C=O) groups excluding carboxylic acids is 1. The quantitative estimate of drug-likeness (QED) is 0.313. The van der Waals surface area contributed by atoms with E-state index in [1.807, 2.05) is 79.7 Å². The van der Waals surface area contributed by atoms with Crippen molar-refractivity contribution >= 4 is 39.0 Å². The van der Waals surface area contributed by atoms with Crippen molar-refractivity contribution < 1.29 is 13.9 Å². The largest absolute Gasteiger partial charge is 0.496 e. The van der Waals surface area contributed by atoms with Gasteiger partial charge in [-0.15, -0.1) is 0 Å². The average molecular weight is 434 g/mol. The molecule has 0 aliphatic rings. The number of hydrogen-bond donors (Lipinski definition) is 1. The number of allylic oxidation sites excluding steroid dienone is 1. The lowest BCUT2D eigenvalue weighted by molar-refractivity contribution is -0.111. The molecule has 0 unspecified atom stereocenters. The van der Waals surface area contributed by atoms with Crippen LogP contribution >= 0.6 is 0 Å². The van der Waals surface area contributed by atoms with Crippen LogP contribution in [0, 0.1) is 0 Å². The van der Waals surface area contributed by atoms with E-state index >= 15 is 0 Å². The van der Waals surface area contributed by atoms with Gasteiger partial charge >= 0.3 is 0 Å². The fourth-order valence-electron chi connectivity index (χ4n) is 4.03. The molecule has 3 aromatic carbocycles. The van der Waals surface area contributed by atoms with E-state index in [1.54, 1.807) is 25.6 Å². The van der Waals surface area contributed by atoms with Gasteiger partial charge in [-0.05, 0) is 48.4 Å². The second kappa shape index (κ2) is 8.63. The summed E-state index contributed by atoms with van der Waals surface area (Å²) < 4.78 is 11.4. The molecule has 0 saturated heterocycles. The van der Waals surface area contributed by atoms with E-state index in [-0.39, 0.29) is 5.91 Å². The third-order valence-electron chi connectivity index (χ3n) is 5.66. The molecule has 0 aliphatic heterocycles. The summed E-state index contributed by atoms with van der Waals surface area (Å²) in [5, 5.41) is 4.83. The molecule has 162 valence electrons. The lowest BCUT2D eigenvalue weighted by atomic mass is 9.99. The summed E-state index contributed by atoms with van der Waals surface area (Å²) in [6, 6.07) is 23.4. The molecule has 0 fully saturated rings. The maximum atomic E-state index is 12.9. The minimum absolute atomic E-state index is 0.221. The minimum atomic E-state index is -0.221. The minimum Gasteiger partial charge on any atom is -0.496 e. The monoisotopic (exact) mass is 434 g/mol. The lowest BCUT2D eigenvalue weighted by Crippen LogP contribution is -2.09. The normalized spacial score (nSPS) is 11.6. The second-order valence-corrected chi connectivity index (χ2v) is 7.76. The molecule has 5 rings (SSSR count). The number of methoxy groups -OCH3 is 1. The van der Waals surface area contributed by atoms with Crippen molar-refractivity contribution in [1.82, 2.24) is 4.98 Å². The Kier molecular flexibility index (Phi) is 5.37. The number of ether oxygens (including phenoxy) is 1. The molecular weight excluding hydrogens is 412 g/mol. The van der Waals surface area contributed by atoms with Crippen molar-refractivity contribution in [2.45, 2.75) is 6.92 Å². The van der Waals surface area contributed by atoms with Gasteiger partial charge in [0.1, 0.15) is 11.3 Å². The number of amides is 1. The molecule has 0 saturated carbocycles. The standard InChI is InChI=1S/C28H22N2O3/c1-18(14-28(31)30-25-12-6-11-24-20(25)10-7-13-29-24)21-15-22-23(19-8-4-3-5-9-19)17-33-27(22)16-26(21)32-2/h3-17H,1-2H3,(H,30,31)/b18-14+. The molecule has 5 nitrogen and oxygen atoms in total. The Hall–Kier alpha value is -4.38. The van der Waals surface area contributed by atoms with Crippen LogP contribution in [-0.2, 0) is 4.79 Å². The van der Waals surface area contributed by atoms with Crippen LogP contribution in [0.25, 0.3) is 38.6 Å². The summed E-state index contributed by atoms with van der Waals surface area (Å²) in [7, 11) is 1.61. The van der Waals surface area contributed by atoms with Crippen LogP contribution in [0.15, 0.2) is 95.7 Å². The zero-order valence-corrected chi connectivity index (χ0v) is 18.3. The molecule has 33 heavy (non-hydrogen) atoms. The van der Waals surface area contributed by atoms with Crippen molar-refractivity contribution in [3.8, 4) is 16.9 Å². The van der Waals surface area contributed by atoms with Crippen LogP contribution in [0.4, 0.5) is 5.69 Å². The molecule has 1 amide bonds. The first-order valence-electron chi connectivity index (χ1n) is 10.6. The number of nitrogens with one attached hydrogen (secondary N) is 1. The molecule has 5 aromatic rings. The van der Waals surface area contributed by atoms with E-state index < -0.39 is 0 Å². The molecule has 0 spiro atoms. The lowest BCUT2D eigenvalue weighted by Gasteiger charge is -2.11. The number of furan rings is 1. The summed E-state index contributed by atoms with van der Waals surface area (Å²) in [6.45, 7) is 1.90. The number of aromatic nitrogens is 1. The van der Waals surface area contributed by atoms with Gasteiger partial charge in [-0.2, -0.15) is 0 Å². The van der Waals surface area contributed by atoms with Crippen LogP contribution in [-0.4, -0.2) is 18.0 Å². The van der Waals surface area contributed by atoms with Crippen molar-refractivity contribution in [3.63, 3.8) is 0 Å². The van der Waals surface area contributed by atoms with Gasteiger partial charge in [0.25, 0.3) is 0 Å². The second-order valence-electron chi connectivity index (χ2n) is 7.76. The highest BCUT2D eigenvalue weighted by molar-refractivity contribution is 6.09. The van der Waals surface area contributed by atoms with Gasteiger partial charge in [0.05, 0.1) is 24.6 Å². The maximum Gasteiger partial charge on any atom is 0.248 e. The summed E-state index contributed by atoms with van der Waals surface area (Å²) >= 11 is 0. The van der Waals surface area contributed by atoms with E-state index in [0.29, 0.717) is 5.75 Å². The number of carbonyl (C=O) groups is 1. The number of nitrogens with zero attached hydrogens (tertiary/aromatic N) is 1. The van der Waals surface area contributed by atoms with Crippen LogP contribution in [0.3, 0.4) is 0 Å². The average Bonchev–Trinajstić information content (AvgIpc) is 3.27. The fourth-order valence-corrected chi connectivity index (χ4v) is 4.03. The zero-order chi connectivity index (χ0) is 22.8. The number of benzene rings is 3. The fraction of sp³-hybridized carbons (Fsp3) is 0.0714. The predicted octanol–water partition coefficient (Wildman–Crippen LogP) is 6.70. The van der Waals surface area contributed by atoms with Gasteiger partial charge in [0.2, 0.25) is 5.91 Å². The van der Waals surface area contributed by atoms with Crippen LogP contribution in [0.1, 0.15) is 12.5 Å². The number of hydrogen-bond acceptors (Lipinski definition) is 4. The number of anilines is 1. The van der Waals surface area contributed by atoms with Gasteiger partial charge in [-0.1, -0.05) is 36.4 Å². The van der Waals surface area contributed by atoms with Crippen LogP contribution < -0.4 is 10.1 Å². The number of fused-ring (bicyclic) bond motifs is 2. The molecule has 5 heteroatoms. The molecule has 0 radical (unpaired) electrons. The van der Waals surface area contributed by atoms with Gasteiger partial charge < -0.3 is 14.5 Å². The molecule has 2 aromatic heterocycles. The highest BCUT2D eigenvalue weighted by atomic mass is 16.5. The summed E-state index contributed by atoms with van der Waals surface area (Å²) in [5.74, 6) is 0.425. The SMILES string of the molecule is COc1cc2occ(-c3ccccc3)c2cc1/C(C)=C/C(=O)Nc1cccc2ncccc12. The highest BCUT2D eigenvalue weighted by Gasteiger charge is 2.15. The van der Waals surface area contributed by atoms with E-state index in [1.165, 1.54) is 0 Å². The van der Waals surface area contributed by atoms with Gasteiger partial charge in [0.15, 0.2) is 0 Å². The Balaban J connectivity index is 1.51. The smallest absolute Gasteiger partial charge is 0.248 e. The Morgan fingerprint density at radius 2 is 1.85 bits per heavy atom. The highest BCUT2D eigenvalue weighted by Crippen LogP contribution is 2.37. The molecule has 2 heterocycles. The van der Waals surface area contributed by atoms with Crippen molar-refractivity contribution in [1.29, 1.82) is 0 Å². The van der Waals surface area contributed by atoms with E-state index in [2.05, 4.69) is 10.3 Å². The van der Waals surface area contributed by atoms with Gasteiger partial charge in [-0.25, -0.2) is 0 Å². The Morgan fingerprint density at radius 3 is 2.67 bits per heavy atom. The molecule has 0 atom stereocenters. The first kappa shape index (κ1) is 20.5. The van der Waals surface area contributed by atoms with E-state index in [0.717, 1.165) is 49.8 Å². The first-order chi connectivity index (χ1) is 16.1. The predicted molar refractivity (Wildman–Crippen MR) is 132 cm³/mol. The summed E-state index contributed by atoms with van der Waals surface area (Å²) in [5.41, 5.74) is 5.96. The molecular formula is C28H22N2O3. The number of pyridine rings is 1. The first-order valence-corrected chi connectivity index (χ1v) is 10.6. The van der Waals surface area contributed by atoms with E-state index in [9.17, 15) is 4.79 Å². The Bertz CT molecular complexity index is 1490. The third kappa shape index (κ3) is 3.96. The number of rotatable bonds is 5. The topological polar surface area (TPSA) is 64.4 Å². The molecule has 0 aliphatic carbocycles. The van der Waals surface area contributed by atoms with Crippen LogP contribution in [0.2, 0.25) is 0 Å². The Labute approximate surface area is 191 Å². The van der Waals surface area contributed by atoms with Crippen molar-refractivity contribution in [2.75, 3.05) is 12.4 Å². The zero-order valence-electron chi connectivity index (χ0n) is 18.3. The third-order valence-corrected chi connectivity index (χ3v) is 5.66. The van der Waals surface area contributed by atoms with Crippen molar-refractivity contribution in [3.05, 3.63) is 96.9 Å². The van der Waals surface area contributed by atoms with Crippen LogP contribution in [0.5, 0.6) is 5.75 Å². The van der Waals surface area contributed by atoms with Gasteiger partial charge in [0, 0.05) is 40.2 Å². The molecule has 0 bridgehead atoms. The molecule has 1 N–H and O–H groups in total. The maximum absolute atomic E-state index is 12.9.